The summed E-state index contributed by atoms with van der Waals surface area (Å²) in [5.74, 6) is 1.10. The van der Waals surface area contributed by atoms with Crippen LogP contribution in [0.1, 0.15) is 38.7 Å². The second kappa shape index (κ2) is 9.70. The molecular weight excluding hydrogens is 355 g/mol. The molecule has 3 unspecified atom stereocenters. The molecule has 1 saturated carbocycles. The number of carbonyl (C=O) groups excluding carboxylic acids is 1. The average molecular weight is 391 g/mol. The summed E-state index contributed by atoms with van der Waals surface area (Å²) >= 11 is 0. The molecule has 1 aliphatic heterocycles. The van der Waals surface area contributed by atoms with Gasteiger partial charge in [-0.3, -0.25) is 4.90 Å². The fourth-order valence-corrected chi connectivity index (χ4v) is 4.35. The van der Waals surface area contributed by atoms with Crippen molar-refractivity contribution in [1.82, 2.24) is 15.1 Å². The van der Waals surface area contributed by atoms with E-state index in [0.717, 1.165) is 52.1 Å². The molecule has 3 atom stereocenters. The lowest BCUT2D eigenvalue weighted by Gasteiger charge is -2.40. The van der Waals surface area contributed by atoms with Gasteiger partial charge in [-0.05, 0) is 61.8 Å². The number of urea groups is 1. The maximum Gasteiger partial charge on any atom is 0.322 e. The number of rotatable bonds is 5. The quantitative estimate of drug-likeness (QED) is 0.806. The van der Waals surface area contributed by atoms with Crippen molar-refractivity contribution in [2.45, 2.75) is 46.1 Å². The number of aryl methyl sites for hydroxylation is 1. The second-order valence-electron chi connectivity index (χ2n) is 8.60. The van der Waals surface area contributed by atoms with Gasteiger partial charge in [0.25, 0.3) is 0 Å². The van der Waals surface area contributed by atoms with E-state index < -0.39 is 0 Å². The third-order valence-corrected chi connectivity index (χ3v) is 6.55. The molecule has 5 nitrogen and oxygen atoms in total. The Labute approximate surface area is 168 Å². The maximum absolute atomic E-state index is 13.6. The largest absolute Gasteiger partial charge is 0.322 e. The number of carbonyl (C=O) groups is 1. The van der Waals surface area contributed by atoms with Crippen LogP contribution < -0.4 is 10.6 Å². The van der Waals surface area contributed by atoms with Crippen molar-refractivity contribution >= 4 is 11.7 Å². The lowest BCUT2D eigenvalue weighted by atomic mass is 9.78. The Morgan fingerprint density at radius 3 is 2.68 bits per heavy atom. The van der Waals surface area contributed by atoms with Crippen LogP contribution in [0.25, 0.3) is 0 Å². The molecule has 0 aromatic heterocycles. The van der Waals surface area contributed by atoms with Crippen molar-refractivity contribution in [3.8, 4) is 0 Å². The molecule has 28 heavy (non-hydrogen) atoms. The smallest absolute Gasteiger partial charge is 0.320 e. The minimum absolute atomic E-state index is 0.0621. The van der Waals surface area contributed by atoms with Gasteiger partial charge in [0.05, 0.1) is 0 Å². The zero-order valence-corrected chi connectivity index (χ0v) is 17.5. The molecule has 2 aliphatic rings. The van der Waals surface area contributed by atoms with E-state index >= 15 is 0 Å². The first-order chi connectivity index (χ1) is 13.4. The van der Waals surface area contributed by atoms with Gasteiger partial charge in [-0.1, -0.05) is 13.8 Å². The molecule has 0 radical (unpaired) electrons. The zero-order chi connectivity index (χ0) is 20.1. The normalized spacial score (nSPS) is 26.1. The van der Waals surface area contributed by atoms with Gasteiger partial charge in [0.1, 0.15) is 5.82 Å². The van der Waals surface area contributed by atoms with Crippen molar-refractivity contribution in [3.63, 3.8) is 0 Å². The van der Waals surface area contributed by atoms with E-state index in [2.05, 4.69) is 29.4 Å². The van der Waals surface area contributed by atoms with Crippen LogP contribution in [-0.4, -0.2) is 61.1 Å². The SMILES string of the molecule is Cc1cc(NC(=O)N(CCN2CCNCC2)C2CCC(C)C(C)C2)ccc1F. The van der Waals surface area contributed by atoms with Gasteiger partial charge in [0.15, 0.2) is 0 Å². The topological polar surface area (TPSA) is 47.6 Å². The number of amides is 2. The number of piperazine rings is 1. The molecule has 156 valence electrons. The van der Waals surface area contributed by atoms with Crippen LogP contribution in [0.15, 0.2) is 18.2 Å². The average Bonchev–Trinajstić information content (AvgIpc) is 2.68. The van der Waals surface area contributed by atoms with E-state index in [-0.39, 0.29) is 17.9 Å². The highest BCUT2D eigenvalue weighted by Crippen LogP contribution is 2.32. The van der Waals surface area contributed by atoms with Crippen molar-refractivity contribution in [2.75, 3.05) is 44.6 Å². The highest BCUT2D eigenvalue weighted by Gasteiger charge is 2.31. The van der Waals surface area contributed by atoms with Gasteiger partial charge >= 0.3 is 6.03 Å². The van der Waals surface area contributed by atoms with Gasteiger partial charge in [0.2, 0.25) is 0 Å². The molecule has 1 aliphatic carbocycles. The molecular formula is C22H35FN4O. The van der Waals surface area contributed by atoms with E-state index in [9.17, 15) is 9.18 Å². The number of halogens is 1. The lowest BCUT2D eigenvalue weighted by Crippen LogP contribution is -2.51. The Hall–Kier alpha value is -1.66. The summed E-state index contributed by atoms with van der Waals surface area (Å²) in [5.41, 5.74) is 1.21. The lowest BCUT2D eigenvalue weighted by molar-refractivity contribution is 0.116. The molecule has 2 N–H and O–H groups in total. The van der Waals surface area contributed by atoms with Crippen LogP contribution in [-0.2, 0) is 0 Å². The van der Waals surface area contributed by atoms with Crippen LogP contribution in [0.5, 0.6) is 0 Å². The molecule has 3 rings (SSSR count). The third kappa shape index (κ3) is 5.45. The molecule has 0 bridgehead atoms. The Morgan fingerprint density at radius 1 is 1.25 bits per heavy atom. The summed E-state index contributed by atoms with van der Waals surface area (Å²) in [6, 6.07) is 4.97. The first-order valence-corrected chi connectivity index (χ1v) is 10.7. The highest BCUT2D eigenvalue weighted by atomic mass is 19.1. The molecule has 1 aromatic carbocycles. The third-order valence-electron chi connectivity index (χ3n) is 6.55. The maximum atomic E-state index is 13.6. The molecule has 0 spiro atoms. The van der Waals surface area contributed by atoms with E-state index in [1.807, 2.05) is 4.90 Å². The molecule has 1 heterocycles. The standard InChI is InChI=1S/C22H35FN4O/c1-16-4-6-20(15-17(16)2)27(13-12-26-10-8-24-9-11-26)22(28)25-19-5-7-21(23)18(3)14-19/h5,7,14,16-17,20,24H,4,6,8-13,15H2,1-3H3,(H,25,28). The fraction of sp³-hybridized carbons (Fsp3) is 0.682. The highest BCUT2D eigenvalue weighted by molar-refractivity contribution is 5.89. The van der Waals surface area contributed by atoms with Crippen LogP contribution >= 0.6 is 0 Å². The summed E-state index contributed by atoms with van der Waals surface area (Å²) in [6.45, 7) is 12.1. The molecule has 1 saturated heterocycles. The number of hydrogen-bond acceptors (Lipinski definition) is 3. The van der Waals surface area contributed by atoms with Gasteiger partial charge in [0, 0.05) is 51.0 Å². The monoisotopic (exact) mass is 390 g/mol. The number of nitrogens with zero attached hydrogens (tertiary/aromatic N) is 2. The molecule has 6 heteroatoms. The van der Waals surface area contributed by atoms with Crippen molar-refractivity contribution < 1.29 is 9.18 Å². The summed E-state index contributed by atoms with van der Waals surface area (Å²) in [6.07, 6.45) is 3.28. The van der Waals surface area contributed by atoms with Crippen molar-refractivity contribution in [3.05, 3.63) is 29.6 Å². The second-order valence-corrected chi connectivity index (χ2v) is 8.60. The summed E-state index contributed by atoms with van der Waals surface area (Å²) < 4.78 is 13.6. The van der Waals surface area contributed by atoms with Crippen LogP contribution in [0.4, 0.5) is 14.9 Å². The van der Waals surface area contributed by atoms with Crippen LogP contribution in [0.2, 0.25) is 0 Å². The molecule has 1 aromatic rings. The van der Waals surface area contributed by atoms with Gasteiger partial charge < -0.3 is 15.5 Å². The van der Waals surface area contributed by atoms with Crippen LogP contribution in [0.3, 0.4) is 0 Å². The number of anilines is 1. The zero-order valence-electron chi connectivity index (χ0n) is 17.5. The number of hydrogen-bond donors (Lipinski definition) is 2. The Morgan fingerprint density at radius 2 is 2.00 bits per heavy atom. The number of nitrogens with one attached hydrogen (secondary N) is 2. The summed E-state index contributed by atoms with van der Waals surface area (Å²) in [7, 11) is 0. The van der Waals surface area contributed by atoms with Gasteiger partial charge in [-0.25, -0.2) is 9.18 Å². The minimum atomic E-state index is -0.247. The van der Waals surface area contributed by atoms with Crippen molar-refractivity contribution in [2.24, 2.45) is 11.8 Å². The van der Waals surface area contributed by atoms with E-state index in [4.69, 9.17) is 0 Å². The molecule has 2 fully saturated rings. The first-order valence-electron chi connectivity index (χ1n) is 10.7. The van der Waals surface area contributed by atoms with Gasteiger partial charge in [-0.2, -0.15) is 0 Å². The van der Waals surface area contributed by atoms with E-state index in [1.165, 1.54) is 12.5 Å². The van der Waals surface area contributed by atoms with E-state index in [1.54, 1.807) is 19.1 Å². The van der Waals surface area contributed by atoms with Crippen LogP contribution in [0, 0.1) is 24.6 Å². The Kier molecular flexibility index (Phi) is 7.30. The first kappa shape index (κ1) is 21.1. The Bertz CT molecular complexity index is 662. The molecule has 2 amide bonds. The minimum Gasteiger partial charge on any atom is -0.320 e. The Balaban J connectivity index is 1.68. The summed E-state index contributed by atoms with van der Waals surface area (Å²) in [5, 5.41) is 6.39. The predicted octanol–water partition coefficient (Wildman–Crippen LogP) is 3.70. The fourth-order valence-electron chi connectivity index (χ4n) is 4.35. The van der Waals surface area contributed by atoms with Gasteiger partial charge in [-0.15, -0.1) is 0 Å². The van der Waals surface area contributed by atoms with Crippen molar-refractivity contribution in [1.29, 1.82) is 0 Å². The number of benzene rings is 1. The predicted molar refractivity (Wildman–Crippen MR) is 112 cm³/mol. The summed E-state index contributed by atoms with van der Waals surface area (Å²) in [4.78, 5) is 17.6. The van der Waals surface area contributed by atoms with E-state index in [0.29, 0.717) is 23.1 Å².